The first kappa shape index (κ1) is 57.6. The van der Waals surface area contributed by atoms with E-state index in [-0.39, 0.29) is 40.9 Å². The zero-order valence-electron chi connectivity index (χ0n) is 37.2. The van der Waals surface area contributed by atoms with Gasteiger partial charge in [0.15, 0.2) is 30.6 Å². The topological polar surface area (TPSA) is 308 Å². The number of azo groups is 1. The maximum Gasteiger partial charge on any atom is 0.330 e. The predicted octanol–water partition coefficient (Wildman–Crippen LogP) is 5.34. The molecule has 0 atom stereocenters. The Balaban J connectivity index is -0.000000626. The lowest BCUT2D eigenvalue weighted by Crippen LogP contribution is -2.26. The van der Waals surface area contributed by atoms with E-state index >= 15 is 0 Å². The summed E-state index contributed by atoms with van der Waals surface area (Å²) >= 11 is 0. The van der Waals surface area contributed by atoms with Gasteiger partial charge in [-0.1, -0.05) is 76.2 Å². The molecule has 23 heteroatoms. The summed E-state index contributed by atoms with van der Waals surface area (Å²) in [5.74, 6) is 1.92. The first-order chi connectivity index (χ1) is 25.1. The molecule has 0 aromatic carbocycles. The number of aromatic nitrogens is 8. The molecular formula is C34H68N11O10PS. The molecule has 0 radical (unpaired) electrons. The summed E-state index contributed by atoms with van der Waals surface area (Å²) in [6, 6.07) is 0. The van der Waals surface area contributed by atoms with Crippen LogP contribution in [0.1, 0.15) is 143 Å². The lowest BCUT2D eigenvalue weighted by Gasteiger charge is -2.18. The molecule has 0 aliphatic carbocycles. The van der Waals surface area contributed by atoms with Crippen LogP contribution in [0, 0.1) is 11.3 Å². The van der Waals surface area contributed by atoms with Gasteiger partial charge in [-0.15, -0.1) is 20.4 Å². The lowest BCUT2D eigenvalue weighted by atomic mass is 9.92. The standard InChI is InChI=1S/C8H14N4O.C7H12N4O2.C6H12O.C5H9N3.C4H11O3P.C4H10O3S/c1-6(13)5-12-7(8(2,3)4)9-10-11-12;1-7(2,3)6-8-10-11(9-6)4-5(12)13;1-5(7)6(2,3)4;1-4(2)5-6-3-7-8-5;2*1-4(2,3)8(5,6)7/h5H2,1-4H3;4H2,1-3H3,(H,12,13);1-4H3;4H,3H2,1-2H3;1-3H3,(H2,5,6,7);1-3H3,(H,5,6,7). The molecule has 330 valence electrons. The van der Waals surface area contributed by atoms with Gasteiger partial charge >= 0.3 is 13.6 Å². The van der Waals surface area contributed by atoms with Crippen LogP contribution in [0.15, 0.2) is 15.2 Å². The maximum absolute atomic E-state index is 10.9. The van der Waals surface area contributed by atoms with Gasteiger partial charge in [0.1, 0.15) is 18.2 Å². The van der Waals surface area contributed by atoms with Gasteiger partial charge in [0.2, 0.25) is 0 Å². The number of aliphatic imine (C=N–C) groups is 1. The number of tetrazole rings is 2. The smallest absolute Gasteiger partial charge is 0.330 e. The van der Waals surface area contributed by atoms with Crippen LogP contribution in [0.5, 0.6) is 0 Å². The summed E-state index contributed by atoms with van der Waals surface area (Å²) in [4.78, 5) is 53.7. The van der Waals surface area contributed by atoms with Crippen LogP contribution < -0.4 is 0 Å². The zero-order chi connectivity index (χ0) is 46.2. The Labute approximate surface area is 337 Å². The number of rotatable bonds is 5. The third-order valence-electron chi connectivity index (χ3n) is 6.66. The number of hydrogen-bond donors (Lipinski definition) is 4. The van der Waals surface area contributed by atoms with E-state index in [0.29, 0.717) is 18.4 Å². The van der Waals surface area contributed by atoms with Crippen molar-refractivity contribution in [1.29, 1.82) is 0 Å². The Morgan fingerprint density at radius 2 is 1.25 bits per heavy atom. The van der Waals surface area contributed by atoms with Crippen molar-refractivity contribution in [3.8, 4) is 0 Å². The maximum atomic E-state index is 10.9. The first-order valence-corrected chi connectivity index (χ1v) is 20.8. The number of amidine groups is 1. The van der Waals surface area contributed by atoms with E-state index in [1.54, 1.807) is 11.6 Å². The van der Waals surface area contributed by atoms with Gasteiger partial charge in [-0.25, -0.2) is 9.67 Å². The van der Waals surface area contributed by atoms with E-state index in [0.717, 1.165) is 16.5 Å². The van der Waals surface area contributed by atoms with Crippen LogP contribution in [-0.2, 0) is 53.0 Å². The Bertz CT molecular complexity index is 1780. The summed E-state index contributed by atoms with van der Waals surface area (Å²) < 4.78 is 39.6. The fourth-order valence-electron chi connectivity index (χ4n) is 2.33. The monoisotopic (exact) mass is 853 g/mol. The zero-order valence-corrected chi connectivity index (χ0v) is 38.9. The number of Topliss-reactive ketones (excluding diaryl/α,β-unsaturated/α-hetero) is 2. The number of nitrogens with zero attached hydrogens (tertiary/aromatic N) is 11. The predicted molar refractivity (Wildman–Crippen MR) is 217 cm³/mol. The molecule has 0 fully saturated rings. The average molecular weight is 854 g/mol. The lowest BCUT2D eigenvalue weighted by molar-refractivity contribution is -0.138. The molecule has 0 bridgehead atoms. The fraction of sp³-hybridized carbons (Fsp3) is 0.824. The van der Waals surface area contributed by atoms with Gasteiger partial charge in [-0.3, -0.25) is 23.5 Å². The highest BCUT2D eigenvalue weighted by molar-refractivity contribution is 7.87. The van der Waals surface area contributed by atoms with Crippen molar-refractivity contribution in [1.82, 2.24) is 40.4 Å². The number of aliphatic carboxylic acids is 1. The molecule has 3 rings (SSSR count). The molecule has 3 heterocycles. The van der Waals surface area contributed by atoms with Gasteiger partial charge < -0.3 is 14.9 Å². The summed E-state index contributed by atoms with van der Waals surface area (Å²) in [5.41, 5.74) is -0.463. The van der Waals surface area contributed by atoms with Crippen LogP contribution in [0.3, 0.4) is 0 Å². The van der Waals surface area contributed by atoms with Crippen LogP contribution >= 0.6 is 7.60 Å². The number of carboxylic acid groups (broad SMARTS) is 1. The van der Waals surface area contributed by atoms with Gasteiger partial charge in [-0.2, -0.15) is 18.3 Å². The summed E-state index contributed by atoms with van der Waals surface area (Å²) in [6.45, 7) is 34.2. The molecular weight excluding hydrogens is 785 g/mol. The molecule has 0 saturated heterocycles. The minimum absolute atomic E-state index is 0.0535. The van der Waals surface area contributed by atoms with E-state index in [4.69, 9.17) is 19.4 Å². The highest BCUT2D eigenvalue weighted by atomic mass is 32.2. The van der Waals surface area contributed by atoms with E-state index in [2.05, 4.69) is 60.0 Å². The van der Waals surface area contributed by atoms with Gasteiger partial charge in [0, 0.05) is 22.2 Å². The van der Waals surface area contributed by atoms with E-state index < -0.39 is 33.6 Å². The van der Waals surface area contributed by atoms with Crippen molar-refractivity contribution in [2.75, 3.05) is 6.67 Å². The third-order valence-corrected chi connectivity index (χ3v) is 9.96. The number of carbonyl (C=O) groups excluding carboxylic acids is 2. The van der Waals surface area contributed by atoms with Crippen molar-refractivity contribution < 1.29 is 46.8 Å². The second-order valence-corrected chi connectivity index (χ2v) is 22.7. The van der Waals surface area contributed by atoms with Gasteiger partial charge in [0.25, 0.3) is 10.1 Å². The van der Waals surface area contributed by atoms with Gasteiger partial charge in [0.05, 0.1) is 9.90 Å². The molecule has 21 nitrogen and oxygen atoms in total. The second-order valence-electron chi connectivity index (χ2n) is 18.1. The number of ketones is 2. The molecule has 2 aromatic rings. The minimum Gasteiger partial charge on any atom is -0.480 e. The Morgan fingerprint density at radius 3 is 1.47 bits per heavy atom. The highest BCUT2D eigenvalue weighted by Gasteiger charge is 2.32. The van der Waals surface area contributed by atoms with E-state index in [9.17, 15) is 27.4 Å². The molecule has 0 amide bonds. The molecule has 1 aliphatic rings. The van der Waals surface area contributed by atoms with Crippen molar-refractivity contribution in [3.05, 3.63) is 11.6 Å². The van der Waals surface area contributed by atoms with E-state index in [1.807, 2.05) is 62.3 Å². The van der Waals surface area contributed by atoms with Crippen LogP contribution in [-0.4, -0.2) is 108 Å². The van der Waals surface area contributed by atoms with Gasteiger partial charge in [-0.05, 0) is 71.0 Å². The molecule has 0 unspecified atom stereocenters. The Hall–Kier alpha value is -3.72. The van der Waals surface area contributed by atoms with Crippen LogP contribution in [0.4, 0.5) is 0 Å². The quantitative estimate of drug-likeness (QED) is 0.218. The molecule has 4 N–H and O–H groups in total. The second kappa shape index (κ2) is 23.0. The van der Waals surface area contributed by atoms with Crippen molar-refractivity contribution in [2.45, 2.75) is 165 Å². The van der Waals surface area contributed by atoms with E-state index in [1.165, 1.54) is 48.5 Å². The molecule has 0 saturated carbocycles. The average Bonchev–Trinajstić information content (AvgIpc) is 3.74. The Morgan fingerprint density at radius 1 is 0.807 bits per heavy atom. The summed E-state index contributed by atoms with van der Waals surface area (Å²) in [6.07, 6.45) is 0. The first-order valence-electron chi connectivity index (χ1n) is 17.8. The molecule has 1 aliphatic heterocycles. The number of hydrogen-bond acceptors (Lipinski definition) is 15. The highest BCUT2D eigenvalue weighted by Crippen LogP contribution is 2.49. The third kappa shape index (κ3) is 26.8. The summed E-state index contributed by atoms with van der Waals surface area (Å²) in [7, 11) is -7.69. The number of carboxylic acids is 1. The largest absolute Gasteiger partial charge is 0.480 e. The number of carbonyl (C=O) groups is 3. The Kier molecular flexibility index (Phi) is 23.3. The summed E-state index contributed by atoms with van der Waals surface area (Å²) in [5, 5.41) is 37.6. The molecule has 2 aromatic heterocycles. The van der Waals surface area contributed by atoms with Crippen LogP contribution in [0.2, 0.25) is 0 Å². The minimum atomic E-state index is -3.85. The normalized spacial score (nSPS) is 13.1. The van der Waals surface area contributed by atoms with Crippen molar-refractivity contribution in [2.24, 2.45) is 26.6 Å². The molecule has 57 heavy (non-hydrogen) atoms. The SMILES string of the molecule is CC(=O)C(C)(C)C.CC(=O)Cn1nnnc1C(C)(C)C.CC(C)(C)P(=O)(O)O.CC(C)(C)S(=O)(=O)O.CC(C)(C)c1nnn(CC(=O)O)n1.CC(C)C1=NCN=N1. The van der Waals surface area contributed by atoms with Crippen molar-refractivity contribution in [3.63, 3.8) is 0 Å². The van der Waals surface area contributed by atoms with Crippen LogP contribution in [0.25, 0.3) is 0 Å². The molecule has 0 spiro atoms. The van der Waals surface area contributed by atoms with Crippen molar-refractivity contribution >= 4 is 41.1 Å². The fourth-order valence-corrected chi connectivity index (χ4v) is 2.33.